The van der Waals surface area contributed by atoms with Crippen LogP contribution >= 0.6 is 0 Å². The fourth-order valence-corrected chi connectivity index (χ4v) is 6.20. The van der Waals surface area contributed by atoms with Gasteiger partial charge in [-0.25, -0.2) is 24.6 Å². The van der Waals surface area contributed by atoms with Crippen LogP contribution in [-0.2, 0) is 0 Å². The molecule has 0 aliphatic rings. The van der Waals surface area contributed by atoms with Crippen molar-refractivity contribution in [1.82, 2.24) is 15.0 Å². The van der Waals surface area contributed by atoms with Crippen LogP contribution in [0, 0.1) is 13.1 Å². The van der Waals surface area contributed by atoms with Gasteiger partial charge >= 0.3 is 0 Å². The molecule has 1 aromatic heterocycles. The van der Waals surface area contributed by atoms with E-state index < -0.39 is 0 Å². The third-order valence-corrected chi connectivity index (χ3v) is 8.84. The van der Waals surface area contributed by atoms with Gasteiger partial charge in [0.05, 0.1) is 13.1 Å². The molecule has 0 spiro atoms. The molecule has 0 amide bonds. The van der Waals surface area contributed by atoms with Crippen molar-refractivity contribution in [2.75, 3.05) is 0 Å². The van der Waals surface area contributed by atoms with E-state index in [9.17, 15) is 0 Å². The summed E-state index contributed by atoms with van der Waals surface area (Å²) in [5.74, 6) is 3.16. The molecule has 1 heterocycles. The van der Waals surface area contributed by atoms with Crippen molar-refractivity contribution in [1.29, 1.82) is 0 Å². The first-order chi connectivity index (χ1) is 26.1. The Balaban J connectivity index is 1.08. The van der Waals surface area contributed by atoms with Gasteiger partial charge in [0.1, 0.15) is 11.5 Å². The minimum absolute atomic E-state index is 0.576. The van der Waals surface area contributed by atoms with Crippen molar-refractivity contribution in [3.63, 3.8) is 0 Å². The second kappa shape index (κ2) is 14.7. The van der Waals surface area contributed by atoms with Crippen molar-refractivity contribution in [3.05, 3.63) is 199 Å². The Morgan fingerprint density at radius 3 is 1.13 bits per heavy atom. The summed E-state index contributed by atoms with van der Waals surface area (Å²) in [6.45, 7) is 15.5. The van der Waals surface area contributed by atoms with E-state index in [1.807, 2.05) is 158 Å². The largest absolute Gasteiger partial charge is 0.457 e. The smallest absolute Gasteiger partial charge is 0.194 e. The first-order valence-corrected chi connectivity index (χ1v) is 17.0. The molecular weight excluding hydrogens is 651 g/mol. The van der Waals surface area contributed by atoms with Crippen LogP contribution in [0.1, 0.15) is 0 Å². The number of ether oxygens (including phenoxy) is 1. The zero-order valence-corrected chi connectivity index (χ0v) is 28.4. The summed E-state index contributed by atoms with van der Waals surface area (Å²) in [5.41, 5.74) is 9.30. The normalized spacial score (nSPS) is 10.6. The summed E-state index contributed by atoms with van der Waals surface area (Å²) in [7, 11) is 0. The summed E-state index contributed by atoms with van der Waals surface area (Å²) in [5, 5.41) is 0. The molecule has 0 saturated carbocycles. The Bertz CT molecular complexity index is 2510. The Kier molecular flexibility index (Phi) is 9.00. The number of hydrogen-bond acceptors (Lipinski definition) is 4. The molecule has 0 atom stereocenters. The standard InChI is InChI=1S/C47H29N5O/c1-48-43-19-11-9-17-41(43)37-29-36(30-38(31-37)42-18-10-12-20-44(42)49-2)32-21-25-39(26-22-32)53-40-27-23-35(24-28-40)47-51-45(33-13-5-3-6-14-33)50-46(52-47)34-15-7-4-8-16-34/h3-31H. The molecule has 0 aliphatic carbocycles. The molecule has 0 aliphatic heterocycles. The lowest BCUT2D eigenvalue weighted by molar-refractivity contribution is 0.483. The lowest BCUT2D eigenvalue weighted by atomic mass is 9.92. The van der Waals surface area contributed by atoms with Crippen LogP contribution in [0.2, 0.25) is 0 Å². The Hall–Kier alpha value is -7.67. The predicted octanol–water partition coefficient (Wildman–Crippen LogP) is 12.8. The maximum Gasteiger partial charge on any atom is 0.194 e. The van der Waals surface area contributed by atoms with E-state index in [2.05, 4.69) is 27.9 Å². The van der Waals surface area contributed by atoms with Gasteiger partial charge in [0.25, 0.3) is 0 Å². The van der Waals surface area contributed by atoms with Crippen LogP contribution in [0.25, 0.3) is 77.2 Å². The maximum absolute atomic E-state index is 7.75. The van der Waals surface area contributed by atoms with Crippen molar-refractivity contribution in [3.8, 4) is 79.0 Å². The van der Waals surface area contributed by atoms with E-state index >= 15 is 0 Å². The lowest BCUT2D eigenvalue weighted by Crippen LogP contribution is -2.00. The van der Waals surface area contributed by atoms with E-state index in [0.29, 0.717) is 40.3 Å². The van der Waals surface area contributed by atoms with Crippen molar-refractivity contribution < 1.29 is 4.74 Å². The fourth-order valence-electron chi connectivity index (χ4n) is 6.20. The average molecular weight is 680 g/mol. The number of nitrogens with zero attached hydrogens (tertiary/aromatic N) is 5. The molecule has 7 aromatic carbocycles. The minimum atomic E-state index is 0.576. The SMILES string of the molecule is [C-]#[N+]c1ccccc1-c1cc(-c2ccc(Oc3ccc(-c4nc(-c5ccccc5)nc(-c5ccccc5)n4)cc3)cc2)cc(-c2ccccc2[N+]#[C-])c1. The number of para-hydroxylation sites is 2. The topological polar surface area (TPSA) is 56.6 Å². The average Bonchev–Trinajstić information content (AvgIpc) is 3.24. The van der Waals surface area contributed by atoms with Crippen LogP contribution in [0.4, 0.5) is 11.4 Å². The number of benzene rings is 7. The van der Waals surface area contributed by atoms with Gasteiger partial charge in [0, 0.05) is 16.7 Å². The van der Waals surface area contributed by atoms with Gasteiger partial charge in [-0.1, -0.05) is 121 Å². The highest BCUT2D eigenvalue weighted by Gasteiger charge is 2.14. The van der Waals surface area contributed by atoms with Crippen molar-refractivity contribution >= 4 is 11.4 Å². The third kappa shape index (κ3) is 7.03. The van der Waals surface area contributed by atoms with Gasteiger partial charge in [-0.3, -0.25) is 0 Å². The van der Waals surface area contributed by atoms with Crippen LogP contribution in [0.15, 0.2) is 176 Å². The van der Waals surface area contributed by atoms with Gasteiger partial charge in [-0.15, -0.1) is 0 Å². The summed E-state index contributed by atoms with van der Waals surface area (Å²) in [6, 6.07) is 57.0. The van der Waals surface area contributed by atoms with Gasteiger partial charge in [0.2, 0.25) is 0 Å². The second-order valence-electron chi connectivity index (χ2n) is 12.2. The Labute approximate surface area is 308 Å². The first-order valence-electron chi connectivity index (χ1n) is 17.0. The molecule has 0 unspecified atom stereocenters. The number of aromatic nitrogens is 3. The van der Waals surface area contributed by atoms with Gasteiger partial charge in [-0.2, -0.15) is 0 Å². The monoisotopic (exact) mass is 679 g/mol. The van der Waals surface area contributed by atoms with Crippen LogP contribution in [0.3, 0.4) is 0 Å². The number of hydrogen-bond donors (Lipinski definition) is 0. The molecule has 6 nitrogen and oxygen atoms in total. The molecule has 0 bridgehead atoms. The molecule has 0 N–H and O–H groups in total. The molecule has 53 heavy (non-hydrogen) atoms. The van der Waals surface area contributed by atoms with Gasteiger partial charge in [-0.05, 0) is 88.0 Å². The molecule has 0 radical (unpaired) electrons. The first kappa shape index (κ1) is 32.5. The van der Waals surface area contributed by atoms with E-state index in [0.717, 1.165) is 50.1 Å². The molecule has 8 rings (SSSR count). The van der Waals surface area contributed by atoms with Crippen molar-refractivity contribution in [2.24, 2.45) is 0 Å². The Morgan fingerprint density at radius 1 is 0.340 bits per heavy atom. The number of rotatable bonds is 8. The minimum Gasteiger partial charge on any atom is -0.457 e. The molecule has 6 heteroatoms. The molecule has 0 saturated heterocycles. The zero-order chi connectivity index (χ0) is 36.0. The second-order valence-corrected chi connectivity index (χ2v) is 12.2. The predicted molar refractivity (Wildman–Crippen MR) is 211 cm³/mol. The molecule has 248 valence electrons. The van der Waals surface area contributed by atoms with Crippen LogP contribution in [0.5, 0.6) is 11.5 Å². The van der Waals surface area contributed by atoms with Crippen LogP contribution < -0.4 is 4.74 Å². The highest BCUT2D eigenvalue weighted by atomic mass is 16.5. The zero-order valence-electron chi connectivity index (χ0n) is 28.4. The third-order valence-electron chi connectivity index (χ3n) is 8.84. The summed E-state index contributed by atoms with van der Waals surface area (Å²) >= 11 is 0. The van der Waals surface area contributed by atoms with Gasteiger partial charge in [0.15, 0.2) is 28.8 Å². The van der Waals surface area contributed by atoms with E-state index in [-0.39, 0.29) is 0 Å². The lowest BCUT2D eigenvalue weighted by Gasteiger charge is -2.14. The maximum atomic E-state index is 7.75. The quantitative estimate of drug-likeness (QED) is 0.150. The van der Waals surface area contributed by atoms with Gasteiger partial charge < -0.3 is 4.74 Å². The summed E-state index contributed by atoms with van der Waals surface area (Å²) in [4.78, 5) is 22.0. The van der Waals surface area contributed by atoms with E-state index in [1.54, 1.807) is 0 Å². The van der Waals surface area contributed by atoms with E-state index in [1.165, 1.54) is 0 Å². The van der Waals surface area contributed by atoms with Crippen LogP contribution in [-0.4, -0.2) is 15.0 Å². The fraction of sp³-hybridized carbons (Fsp3) is 0. The molecule has 8 aromatic rings. The van der Waals surface area contributed by atoms with E-state index in [4.69, 9.17) is 32.8 Å². The highest BCUT2D eigenvalue weighted by molar-refractivity contribution is 5.89. The Morgan fingerprint density at radius 2 is 0.698 bits per heavy atom. The summed E-state index contributed by atoms with van der Waals surface area (Å²) < 4.78 is 6.27. The molecular formula is C47H29N5O. The van der Waals surface area contributed by atoms with Crippen molar-refractivity contribution in [2.45, 2.75) is 0 Å². The molecule has 0 fully saturated rings. The summed E-state index contributed by atoms with van der Waals surface area (Å²) in [6.07, 6.45) is 0. The highest BCUT2D eigenvalue weighted by Crippen LogP contribution is 2.40.